The predicted molar refractivity (Wildman–Crippen MR) is 212 cm³/mol. The van der Waals surface area contributed by atoms with Crippen molar-refractivity contribution in [1.82, 2.24) is 20.9 Å². The SMILES string of the molecule is CCCC(N)=NCCCCCCNC(=O)C(CC(C)C)NC(=O)CNC(=O)[C@]1(c2ccccc2)CC1CN1CC[C@@]2(C)c3cc(O)ccc3CC1C2C. The van der Waals surface area contributed by atoms with E-state index in [0.29, 0.717) is 30.7 Å². The van der Waals surface area contributed by atoms with Gasteiger partial charge in [-0.05, 0) is 103 Å². The van der Waals surface area contributed by atoms with E-state index in [1.165, 1.54) is 11.1 Å². The van der Waals surface area contributed by atoms with E-state index < -0.39 is 11.5 Å². The summed E-state index contributed by atoms with van der Waals surface area (Å²) in [7, 11) is 0. The summed E-state index contributed by atoms with van der Waals surface area (Å²) in [5.41, 5.74) is 8.74. The van der Waals surface area contributed by atoms with Crippen LogP contribution in [-0.2, 0) is 31.6 Å². The molecule has 290 valence electrons. The molecule has 1 saturated carbocycles. The number of carbonyl (C=O) groups is 3. The Morgan fingerprint density at radius 1 is 1.06 bits per heavy atom. The smallest absolute Gasteiger partial charge is 0.242 e. The first-order chi connectivity index (χ1) is 25.4. The zero-order chi connectivity index (χ0) is 38.2. The van der Waals surface area contributed by atoms with E-state index in [-0.39, 0.29) is 41.5 Å². The number of rotatable bonds is 19. The molecular weight excluding hydrogens is 665 g/mol. The van der Waals surface area contributed by atoms with Crippen molar-refractivity contribution in [1.29, 1.82) is 0 Å². The van der Waals surface area contributed by atoms with Crippen LogP contribution in [0.25, 0.3) is 0 Å². The lowest BCUT2D eigenvalue weighted by Gasteiger charge is -2.55. The van der Waals surface area contributed by atoms with Crippen LogP contribution in [0.5, 0.6) is 5.75 Å². The number of phenols is 1. The van der Waals surface area contributed by atoms with Gasteiger partial charge < -0.3 is 26.8 Å². The highest BCUT2D eigenvalue weighted by atomic mass is 16.3. The third-order valence-corrected chi connectivity index (χ3v) is 12.3. The van der Waals surface area contributed by atoms with E-state index in [0.717, 1.165) is 88.8 Å². The molecule has 0 aromatic heterocycles. The van der Waals surface area contributed by atoms with Crippen LogP contribution in [0.4, 0.5) is 0 Å². The van der Waals surface area contributed by atoms with Crippen molar-refractivity contribution in [3.05, 3.63) is 65.2 Å². The lowest BCUT2D eigenvalue weighted by atomic mass is 9.59. The van der Waals surface area contributed by atoms with Crippen LogP contribution >= 0.6 is 0 Å². The number of benzene rings is 2. The van der Waals surface area contributed by atoms with Gasteiger partial charge in [0, 0.05) is 32.1 Å². The maximum Gasteiger partial charge on any atom is 0.242 e. The van der Waals surface area contributed by atoms with Gasteiger partial charge in [0.05, 0.1) is 17.8 Å². The Morgan fingerprint density at radius 2 is 1.81 bits per heavy atom. The van der Waals surface area contributed by atoms with Gasteiger partial charge in [0.2, 0.25) is 17.7 Å². The van der Waals surface area contributed by atoms with Crippen LogP contribution in [0.2, 0.25) is 0 Å². The number of nitrogens with zero attached hydrogens (tertiary/aromatic N) is 2. The molecule has 6 N–H and O–H groups in total. The number of likely N-dealkylation sites (tertiary alicyclic amines) is 1. The van der Waals surface area contributed by atoms with E-state index in [4.69, 9.17) is 5.73 Å². The maximum absolute atomic E-state index is 14.1. The van der Waals surface area contributed by atoms with Gasteiger partial charge in [-0.2, -0.15) is 0 Å². The lowest BCUT2D eigenvalue weighted by molar-refractivity contribution is -0.130. The van der Waals surface area contributed by atoms with Crippen molar-refractivity contribution in [3.63, 3.8) is 0 Å². The number of aromatic hydroxyl groups is 1. The van der Waals surface area contributed by atoms with Crippen molar-refractivity contribution < 1.29 is 19.5 Å². The van der Waals surface area contributed by atoms with Crippen LogP contribution in [-0.4, -0.2) is 78.4 Å². The number of amidine groups is 1. The lowest BCUT2D eigenvalue weighted by Crippen LogP contribution is -2.58. The molecular formula is C43H64N6O4. The maximum atomic E-state index is 14.1. The highest BCUT2D eigenvalue weighted by molar-refractivity contribution is 5.95. The van der Waals surface area contributed by atoms with Crippen molar-refractivity contribution in [2.24, 2.45) is 28.5 Å². The highest BCUT2D eigenvalue weighted by Crippen LogP contribution is 2.56. The molecule has 6 atom stereocenters. The van der Waals surface area contributed by atoms with E-state index in [1.54, 1.807) is 6.07 Å². The minimum Gasteiger partial charge on any atom is -0.508 e. The average molecular weight is 729 g/mol. The van der Waals surface area contributed by atoms with Crippen LogP contribution < -0.4 is 21.7 Å². The number of hydrogen-bond donors (Lipinski definition) is 5. The fourth-order valence-corrected chi connectivity index (χ4v) is 9.00. The Balaban J connectivity index is 1.14. The van der Waals surface area contributed by atoms with Crippen LogP contribution in [0.1, 0.15) is 109 Å². The number of phenolic OH excluding ortho intramolecular Hbond substituents is 1. The van der Waals surface area contributed by atoms with Gasteiger partial charge >= 0.3 is 0 Å². The van der Waals surface area contributed by atoms with E-state index >= 15 is 0 Å². The summed E-state index contributed by atoms with van der Waals surface area (Å²) in [6.07, 6.45) is 8.84. The largest absolute Gasteiger partial charge is 0.508 e. The molecule has 10 nitrogen and oxygen atoms in total. The molecule has 1 saturated heterocycles. The molecule has 0 radical (unpaired) electrons. The second kappa shape index (κ2) is 17.9. The number of amides is 3. The van der Waals surface area contributed by atoms with E-state index in [9.17, 15) is 19.5 Å². The molecule has 53 heavy (non-hydrogen) atoms. The summed E-state index contributed by atoms with van der Waals surface area (Å²) in [4.78, 5) is 47.5. The first-order valence-electron chi connectivity index (χ1n) is 20.1. The molecule has 0 spiro atoms. The van der Waals surface area contributed by atoms with Crippen molar-refractivity contribution in [3.8, 4) is 5.75 Å². The van der Waals surface area contributed by atoms with E-state index in [2.05, 4.69) is 52.7 Å². The molecule has 2 aliphatic carbocycles. The van der Waals surface area contributed by atoms with Crippen molar-refractivity contribution in [2.75, 3.05) is 32.7 Å². The number of nitrogens with two attached hydrogens (primary N) is 1. The van der Waals surface area contributed by atoms with Gasteiger partial charge in [-0.1, -0.05) is 83.9 Å². The zero-order valence-corrected chi connectivity index (χ0v) is 32.8. The first kappa shape index (κ1) is 40.3. The van der Waals surface area contributed by atoms with Crippen LogP contribution in [0.15, 0.2) is 53.5 Å². The Morgan fingerprint density at radius 3 is 2.55 bits per heavy atom. The topological polar surface area (TPSA) is 149 Å². The van der Waals surface area contributed by atoms with E-state index in [1.807, 2.05) is 50.2 Å². The molecule has 2 fully saturated rings. The van der Waals surface area contributed by atoms with Gasteiger partial charge in [-0.25, -0.2) is 0 Å². The summed E-state index contributed by atoms with van der Waals surface area (Å²) >= 11 is 0. The van der Waals surface area contributed by atoms with Crippen molar-refractivity contribution in [2.45, 2.75) is 122 Å². The third-order valence-electron chi connectivity index (χ3n) is 12.3. The molecule has 3 aliphatic rings. The molecule has 1 aliphatic heterocycles. The second-order valence-electron chi connectivity index (χ2n) is 16.6. The van der Waals surface area contributed by atoms with Crippen LogP contribution in [0.3, 0.4) is 0 Å². The number of piperidine rings is 1. The number of unbranched alkanes of at least 4 members (excludes halogenated alkanes) is 3. The van der Waals surface area contributed by atoms with Gasteiger partial charge in [-0.3, -0.25) is 24.3 Å². The predicted octanol–water partition coefficient (Wildman–Crippen LogP) is 5.36. The summed E-state index contributed by atoms with van der Waals surface area (Å²) in [5.74, 6) is 1.10. The Bertz CT molecular complexity index is 1600. The summed E-state index contributed by atoms with van der Waals surface area (Å²) in [6, 6.07) is 15.5. The molecule has 1 heterocycles. The molecule has 2 aromatic rings. The molecule has 10 heteroatoms. The quantitative estimate of drug-likeness (QED) is 0.0748. The van der Waals surface area contributed by atoms with Gasteiger partial charge in [0.1, 0.15) is 11.8 Å². The molecule has 4 unspecified atom stereocenters. The highest BCUT2D eigenvalue weighted by Gasteiger charge is 2.62. The Hall–Kier alpha value is -3.92. The minimum atomic E-state index is -0.701. The van der Waals surface area contributed by atoms with Gasteiger partial charge in [0.25, 0.3) is 0 Å². The second-order valence-corrected chi connectivity index (χ2v) is 16.6. The number of fused-ring (bicyclic) bond motifs is 4. The molecule has 2 aromatic carbocycles. The number of nitrogens with one attached hydrogen (secondary N) is 3. The standard InChI is InChI=1S/C43H64N6O4/c1-6-14-38(44)45-20-12-7-8-13-21-46-40(52)36(23-29(2)3)48-39(51)27-47-41(53)43(32-15-10-9-11-16-32)26-33(43)28-49-22-19-42(5)30(4)37(49)24-31-17-18-34(50)25-35(31)42/h9-11,15-18,25,29-30,33,36-37,50H,6-8,12-14,19-24,26-28H2,1-5H3,(H2,44,45)(H,46,52)(H,47,53)(H,48,51)/t30?,33?,36?,37?,42-,43+/m1/s1. The minimum absolute atomic E-state index is 0.00160. The monoisotopic (exact) mass is 728 g/mol. The first-order valence-corrected chi connectivity index (χ1v) is 20.1. The molecule has 2 bridgehead atoms. The van der Waals surface area contributed by atoms with Gasteiger partial charge in [0.15, 0.2) is 0 Å². The third kappa shape index (κ3) is 9.61. The number of aliphatic imine (C=N–C) groups is 1. The fraction of sp³-hybridized carbons (Fsp3) is 0.628. The molecule has 3 amide bonds. The average Bonchev–Trinajstić information content (AvgIpc) is 3.86. The number of hydrogen-bond acceptors (Lipinski definition) is 6. The fourth-order valence-electron chi connectivity index (χ4n) is 9.00. The van der Waals surface area contributed by atoms with Crippen molar-refractivity contribution >= 4 is 23.6 Å². The summed E-state index contributed by atoms with van der Waals surface area (Å²) in [5, 5.41) is 19.1. The summed E-state index contributed by atoms with van der Waals surface area (Å²) in [6.45, 7) is 13.7. The van der Waals surface area contributed by atoms with Gasteiger partial charge in [-0.15, -0.1) is 0 Å². The Kier molecular flexibility index (Phi) is 13.6. The number of carbonyl (C=O) groups excluding carboxylic acids is 3. The van der Waals surface area contributed by atoms with Crippen LogP contribution in [0, 0.1) is 17.8 Å². The molecule has 5 rings (SSSR count). The summed E-state index contributed by atoms with van der Waals surface area (Å²) < 4.78 is 0. The normalized spacial score (nSPS) is 25.7. The Labute approximate surface area is 317 Å². The zero-order valence-electron chi connectivity index (χ0n) is 32.8.